The molecule has 0 bridgehead atoms. The zero-order valence-electron chi connectivity index (χ0n) is 9.78. The van der Waals surface area contributed by atoms with Gasteiger partial charge in [-0.1, -0.05) is 6.92 Å². The minimum Gasteiger partial charge on any atom is -0.381 e. The lowest BCUT2D eigenvalue weighted by Gasteiger charge is -2.30. The molecular formula is C12H19N3O. The SMILES string of the molecule is CCc1cnn2c1NCCC2C1CCOC1. The van der Waals surface area contributed by atoms with Crippen LogP contribution in [0.1, 0.15) is 31.4 Å². The van der Waals surface area contributed by atoms with Crippen molar-refractivity contribution in [3.8, 4) is 0 Å². The first-order chi connectivity index (χ1) is 7.90. The number of nitrogens with zero attached hydrogens (tertiary/aromatic N) is 2. The Bertz CT molecular complexity index is 368. The Kier molecular flexibility index (Phi) is 2.59. The third-order valence-corrected chi connectivity index (χ3v) is 3.81. The van der Waals surface area contributed by atoms with Gasteiger partial charge in [0, 0.05) is 24.6 Å². The maximum Gasteiger partial charge on any atom is 0.127 e. The third kappa shape index (κ3) is 1.52. The summed E-state index contributed by atoms with van der Waals surface area (Å²) < 4.78 is 7.69. The molecule has 1 N–H and O–H groups in total. The van der Waals surface area contributed by atoms with Crippen LogP contribution in [0.15, 0.2) is 6.20 Å². The van der Waals surface area contributed by atoms with E-state index < -0.39 is 0 Å². The molecule has 0 aliphatic carbocycles. The van der Waals surface area contributed by atoms with Gasteiger partial charge in [0.1, 0.15) is 5.82 Å². The molecule has 4 nitrogen and oxygen atoms in total. The summed E-state index contributed by atoms with van der Waals surface area (Å²) in [6.45, 7) is 5.08. The van der Waals surface area contributed by atoms with Gasteiger partial charge in [-0.05, 0) is 19.3 Å². The summed E-state index contributed by atoms with van der Waals surface area (Å²) in [5.41, 5.74) is 1.34. The zero-order valence-corrected chi connectivity index (χ0v) is 9.78. The lowest BCUT2D eigenvalue weighted by atomic mass is 9.95. The lowest BCUT2D eigenvalue weighted by molar-refractivity contribution is 0.167. The number of hydrogen-bond acceptors (Lipinski definition) is 3. The van der Waals surface area contributed by atoms with Crippen molar-refractivity contribution in [1.29, 1.82) is 0 Å². The van der Waals surface area contributed by atoms with Crippen LogP contribution < -0.4 is 5.32 Å². The number of nitrogens with one attached hydrogen (secondary N) is 1. The molecule has 1 fully saturated rings. The van der Waals surface area contributed by atoms with Crippen LogP contribution in [0.3, 0.4) is 0 Å². The number of hydrogen-bond donors (Lipinski definition) is 1. The number of ether oxygens (including phenoxy) is 1. The van der Waals surface area contributed by atoms with E-state index in [-0.39, 0.29) is 0 Å². The van der Waals surface area contributed by atoms with E-state index in [0.717, 1.165) is 26.2 Å². The van der Waals surface area contributed by atoms with Gasteiger partial charge in [0.25, 0.3) is 0 Å². The van der Waals surface area contributed by atoms with Crippen LogP contribution in [0.4, 0.5) is 5.82 Å². The molecule has 3 rings (SSSR count). The Morgan fingerprint density at radius 3 is 3.25 bits per heavy atom. The molecule has 16 heavy (non-hydrogen) atoms. The quantitative estimate of drug-likeness (QED) is 0.828. The van der Waals surface area contributed by atoms with Crippen LogP contribution in [0.5, 0.6) is 0 Å². The molecule has 88 valence electrons. The van der Waals surface area contributed by atoms with Crippen molar-refractivity contribution in [2.45, 2.75) is 32.2 Å². The van der Waals surface area contributed by atoms with Crippen LogP contribution in [-0.2, 0) is 11.2 Å². The van der Waals surface area contributed by atoms with Gasteiger partial charge in [-0.2, -0.15) is 5.10 Å². The number of fused-ring (bicyclic) bond motifs is 1. The Morgan fingerprint density at radius 1 is 1.56 bits per heavy atom. The van der Waals surface area contributed by atoms with E-state index in [4.69, 9.17) is 4.74 Å². The molecule has 2 unspecified atom stereocenters. The molecule has 2 aliphatic heterocycles. The second-order valence-corrected chi connectivity index (χ2v) is 4.72. The first-order valence-corrected chi connectivity index (χ1v) is 6.28. The van der Waals surface area contributed by atoms with E-state index in [2.05, 4.69) is 22.0 Å². The first-order valence-electron chi connectivity index (χ1n) is 6.28. The van der Waals surface area contributed by atoms with Gasteiger partial charge in [0.15, 0.2) is 0 Å². The van der Waals surface area contributed by atoms with Crippen molar-refractivity contribution >= 4 is 5.82 Å². The molecule has 1 aromatic rings. The standard InChI is InChI=1S/C12H19N3O/c1-2-9-7-14-15-11(3-5-13-12(9)15)10-4-6-16-8-10/h7,10-11,13H,2-6,8H2,1H3. The molecule has 1 saturated heterocycles. The molecule has 4 heteroatoms. The van der Waals surface area contributed by atoms with Gasteiger partial charge in [-0.15, -0.1) is 0 Å². The molecule has 0 saturated carbocycles. The van der Waals surface area contributed by atoms with E-state index in [0.29, 0.717) is 12.0 Å². The second-order valence-electron chi connectivity index (χ2n) is 4.72. The minimum atomic E-state index is 0.541. The van der Waals surface area contributed by atoms with Gasteiger partial charge in [0.05, 0.1) is 18.8 Å². The highest BCUT2D eigenvalue weighted by molar-refractivity contribution is 5.45. The number of aromatic nitrogens is 2. The predicted octanol–water partition coefficient (Wildman–Crippen LogP) is 1.84. The monoisotopic (exact) mass is 221 g/mol. The van der Waals surface area contributed by atoms with Crippen LogP contribution >= 0.6 is 0 Å². The highest BCUT2D eigenvalue weighted by atomic mass is 16.5. The van der Waals surface area contributed by atoms with E-state index in [1.54, 1.807) is 0 Å². The third-order valence-electron chi connectivity index (χ3n) is 3.81. The topological polar surface area (TPSA) is 39.1 Å². The van der Waals surface area contributed by atoms with Crippen molar-refractivity contribution in [2.24, 2.45) is 5.92 Å². The summed E-state index contributed by atoms with van der Waals surface area (Å²) in [6, 6.07) is 0.541. The molecular weight excluding hydrogens is 202 g/mol. The second kappa shape index (κ2) is 4.09. The van der Waals surface area contributed by atoms with Crippen LogP contribution in [0, 0.1) is 5.92 Å². The number of aryl methyl sites for hydroxylation is 1. The van der Waals surface area contributed by atoms with E-state index in [1.807, 2.05) is 6.20 Å². The molecule has 0 aromatic carbocycles. The molecule has 0 radical (unpaired) electrons. The molecule has 3 heterocycles. The predicted molar refractivity (Wildman–Crippen MR) is 62.7 cm³/mol. The highest BCUT2D eigenvalue weighted by Gasteiger charge is 2.31. The van der Waals surface area contributed by atoms with Crippen molar-refractivity contribution in [3.05, 3.63) is 11.8 Å². The fraction of sp³-hybridized carbons (Fsp3) is 0.750. The average molecular weight is 221 g/mol. The summed E-state index contributed by atoms with van der Waals surface area (Å²) >= 11 is 0. The molecule has 0 amide bonds. The molecule has 1 aromatic heterocycles. The van der Waals surface area contributed by atoms with Gasteiger partial charge in [0.2, 0.25) is 0 Å². The van der Waals surface area contributed by atoms with Crippen molar-refractivity contribution in [3.63, 3.8) is 0 Å². The Hall–Kier alpha value is -1.03. The molecule has 2 aliphatic rings. The fourth-order valence-electron chi connectivity index (χ4n) is 2.85. The first kappa shape index (κ1) is 10.1. The van der Waals surface area contributed by atoms with Crippen molar-refractivity contribution < 1.29 is 4.74 Å². The summed E-state index contributed by atoms with van der Waals surface area (Å²) in [7, 11) is 0. The summed E-state index contributed by atoms with van der Waals surface area (Å²) in [5, 5.41) is 8.03. The van der Waals surface area contributed by atoms with E-state index in [9.17, 15) is 0 Å². The van der Waals surface area contributed by atoms with Gasteiger partial charge >= 0.3 is 0 Å². The largest absolute Gasteiger partial charge is 0.381 e. The van der Waals surface area contributed by atoms with Crippen LogP contribution in [0.2, 0.25) is 0 Å². The lowest BCUT2D eigenvalue weighted by Crippen LogP contribution is -2.29. The average Bonchev–Trinajstić information content (AvgIpc) is 2.97. The fourth-order valence-corrected chi connectivity index (χ4v) is 2.85. The maximum atomic E-state index is 5.50. The van der Waals surface area contributed by atoms with Gasteiger partial charge < -0.3 is 10.1 Å². The Labute approximate surface area is 96.0 Å². The van der Waals surface area contributed by atoms with Crippen molar-refractivity contribution in [1.82, 2.24) is 9.78 Å². The number of rotatable bonds is 2. The normalized spacial score (nSPS) is 28.8. The molecule has 0 spiro atoms. The smallest absolute Gasteiger partial charge is 0.127 e. The maximum absolute atomic E-state index is 5.50. The van der Waals surface area contributed by atoms with Crippen LogP contribution in [0.25, 0.3) is 0 Å². The highest BCUT2D eigenvalue weighted by Crippen LogP contribution is 2.35. The van der Waals surface area contributed by atoms with E-state index in [1.165, 1.54) is 24.2 Å². The Morgan fingerprint density at radius 2 is 2.50 bits per heavy atom. The summed E-state index contributed by atoms with van der Waals surface area (Å²) in [4.78, 5) is 0. The van der Waals surface area contributed by atoms with Gasteiger partial charge in [-0.3, -0.25) is 0 Å². The van der Waals surface area contributed by atoms with Crippen LogP contribution in [-0.4, -0.2) is 29.5 Å². The molecule has 2 atom stereocenters. The summed E-state index contributed by atoms with van der Waals surface area (Å²) in [6.07, 6.45) is 5.42. The number of anilines is 1. The van der Waals surface area contributed by atoms with Gasteiger partial charge in [-0.25, -0.2) is 4.68 Å². The minimum absolute atomic E-state index is 0.541. The van der Waals surface area contributed by atoms with E-state index >= 15 is 0 Å². The summed E-state index contributed by atoms with van der Waals surface area (Å²) in [5.74, 6) is 1.90. The zero-order chi connectivity index (χ0) is 11.0. The van der Waals surface area contributed by atoms with Crippen molar-refractivity contribution in [2.75, 3.05) is 25.1 Å². The Balaban J connectivity index is 1.90.